The largest absolute Gasteiger partial charge is 0.398 e. The van der Waals surface area contributed by atoms with Crippen molar-refractivity contribution in [3.8, 4) is 0 Å². The van der Waals surface area contributed by atoms with E-state index < -0.39 is 0 Å². The first kappa shape index (κ1) is 15.6. The van der Waals surface area contributed by atoms with Gasteiger partial charge in [0.2, 0.25) is 0 Å². The highest BCUT2D eigenvalue weighted by Crippen LogP contribution is 2.20. The smallest absolute Gasteiger partial charge is 0.255 e. The van der Waals surface area contributed by atoms with Crippen molar-refractivity contribution in [1.82, 2.24) is 4.90 Å². The van der Waals surface area contributed by atoms with Crippen LogP contribution in [0, 0.1) is 0 Å². The summed E-state index contributed by atoms with van der Waals surface area (Å²) in [5, 5.41) is 0. The summed E-state index contributed by atoms with van der Waals surface area (Å²) in [6, 6.07) is 13.6. The zero-order chi connectivity index (χ0) is 15.4. The van der Waals surface area contributed by atoms with Gasteiger partial charge in [-0.1, -0.05) is 47.1 Å². The average molecular weight is 347 g/mol. The van der Waals surface area contributed by atoms with Gasteiger partial charge in [0.1, 0.15) is 0 Å². The highest BCUT2D eigenvalue weighted by atomic mass is 79.9. The molecule has 0 heterocycles. The van der Waals surface area contributed by atoms with Crippen LogP contribution in [0.15, 0.2) is 46.9 Å². The van der Waals surface area contributed by atoms with Gasteiger partial charge in [-0.25, -0.2) is 0 Å². The molecule has 2 rings (SSSR count). The summed E-state index contributed by atoms with van der Waals surface area (Å²) in [4.78, 5) is 14.1. The van der Waals surface area contributed by atoms with Gasteiger partial charge in [0.25, 0.3) is 5.91 Å². The van der Waals surface area contributed by atoms with E-state index in [1.807, 2.05) is 6.07 Å². The molecule has 0 unspecified atom stereocenters. The van der Waals surface area contributed by atoms with Crippen LogP contribution in [0.3, 0.4) is 0 Å². The normalized spacial score (nSPS) is 10.4. The maximum absolute atomic E-state index is 12.4. The predicted molar refractivity (Wildman–Crippen MR) is 90.2 cm³/mol. The van der Waals surface area contributed by atoms with E-state index in [0.717, 1.165) is 16.5 Å². The van der Waals surface area contributed by atoms with Crippen LogP contribution in [-0.2, 0) is 13.0 Å². The van der Waals surface area contributed by atoms with Crippen LogP contribution in [0.1, 0.15) is 28.4 Å². The van der Waals surface area contributed by atoms with Crippen LogP contribution in [0.25, 0.3) is 0 Å². The number of nitrogen functional groups attached to an aromatic ring is 1. The highest BCUT2D eigenvalue weighted by molar-refractivity contribution is 9.10. The van der Waals surface area contributed by atoms with E-state index in [2.05, 4.69) is 47.1 Å². The van der Waals surface area contributed by atoms with Crippen LogP contribution in [0.5, 0.6) is 0 Å². The first-order valence-electron chi connectivity index (χ1n) is 6.89. The number of halogens is 1. The third kappa shape index (κ3) is 3.85. The average Bonchev–Trinajstić information content (AvgIpc) is 2.47. The lowest BCUT2D eigenvalue weighted by Crippen LogP contribution is -2.27. The number of benzene rings is 2. The molecule has 0 aromatic heterocycles. The van der Waals surface area contributed by atoms with E-state index >= 15 is 0 Å². The standard InChI is InChI=1S/C17H19BrN2O/c1-3-12-4-6-13(7-5-12)11-20(2)17(21)15-9-8-14(18)10-16(15)19/h4-10H,3,11,19H2,1-2H3. The Kier molecular flexibility index (Phi) is 5.02. The summed E-state index contributed by atoms with van der Waals surface area (Å²) in [6.07, 6.45) is 1.02. The Morgan fingerprint density at radius 2 is 1.76 bits per heavy atom. The molecule has 2 N–H and O–H groups in total. The molecule has 4 heteroatoms. The van der Waals surface area contributed by atoms with Crippen molar-refractivity contribution in [1.29, 1.82) is 0 Å². The Labute approximate surface area is 133 Å². The Morgan fingerprint density at radius 1 is 1.14 bits per heavy atom. The summed E-state index contributed by atoms with van der Waals surface area (Å²) >= 11 is 3.34. The van der Waals surface area contributed by atoms with Crippen molar-refractivity contribution >= 4 is 27.5 Å². The van der Waals surface area contributed by atoms with E-state index in [9.17, 15) is 4.79 Å². The molecule has 3 nitrogen and oxygen atoms in total. The van der Waals surface area contributed by atoms with Crippen LogP contribution in [-0.4, -0.2) is 17.9 Å². The lowest BCUT2D eigenvalue weighted by Gasteiger charge is -2.18. The second kappa shape index (κ2) is 6.76. The summed E-state index contributed by atoms with van der Waals surface area (Å²) in [5.74, 6) is -0.0698. The fraction of sp³-hybridized carbons (Fsp3) is 0.235. The molecule has 0 aliphatic rings. The minimum atomic E-state index is -0.0698. The quantitative estimate of drug-likeness (QED) is 0.854. The fourth-order valence-electron chi connectivity index (χ4n) is 2.16. The van der Waals surface area contributed by atoms with Crippen LogP contribution in [0.4, 0.5) is 5.69 Å². The van der Waals surface area contributed by atoms with Crippen LogP contribution < -0.4 is 5.73 Å². The molecule has 2 aromatic carbocycles. The maximum Gasteiger partial charge on any atom is 0.255 e. The van der Waals surface area contributed by atoms with Crippen LogP contribution in [0.2, 0.25) is 0 Å². The Hall–Kier alpha value is -1.81. The Morgan fingerprint density at radius 3 is 2.33 bits per heavy atom. The molecule has 110 valence electrons. The number of nitrogens with zero attached hydrogens (tertiary/aromatic N) is 1. The van der Waals surface area contributed by atoms with Gasteiger partial charge in [-0.2, -0.15) is 0 Å². The zero-order valence-electron chi connectivity index (χ0n) is 12.3. The molecule has 0 fully saturated rings. The van der Waals surface area contributed by atoms with Gasteiger partial charge in [0.05, 0.1) is 5.56 Å². The number of nitrogens with two attached hydrogens (primary N) is 1. The van der Waals surface area contributed by atoms with Crippen molar-refractivity contribution in [2.24, 2.45) is 0 Å². The second-order valence-corrected chi connectivity index (χ2v) is 5.98. The van der Waals surface area contributed by atoms with Gasteiger partial charge in [-0.05, 0) is 35.7 Å². The van der Waals surface area contributed by atoms with Gasteiger partial charge in [0.15, 0.2) is 0 Å². The first-order valence-corrected chi connectivity index (χ1v) is 7.69. The number of hydrogen-bond acceptors (Lipinski definition) is 2. The molecule has 0 aliphatic heterocycles. The summed E-state index contributed by atoms with van der Waals surface area (Å²) in [6.45, 7) is 2.69. The molecule has 0 saturated carbocycles. The number of carbonyl (C=O) groups is 1. The van der Waals surface area contributed by atoms with Crippen molar-refractivity contribution < 1.29 is 4.79 Å². The van der Waals surface area contributed by atoms with Gasteiger partial charge in [0, 0.05) is 23.8 Å². The van der Waals surface area contributed by atoms with Gasteiger partial charge >= 0.3 is 0 Å². The van der Waals surface area contributed by atoms with E-state index in [1.165, 1.54) is 5.56 Å². The van der Waals surface area contributed by atoms with Crippen molar-refractivity contribution in [3.63, 3.8) is 0 Å². The maximum atomic E-state index is 12.4. The van der Waals surface area contributed by atoms with E-state index in [1.54, 1.807) is 24.1 Å². The highest BCUT2D eigenvalue weighted by Gasteiger charge is 2.15. The molecular formula is C17H19BrN2O. The Balaban J connectivity index is 2.11. The fourth-order valence-corrected chi connectivity index (χ4v) is 2.54. The number of anilines is 1. The molecule has 2 aromatic rings. The molecule has 0 aliphatic carbocycles. The molecule has 21 heavy (non-hydrogen) atoms. The lowest BCUT2D eigenvalue weighted by molar-refractivity contribution is 0.0786. The molecular weight excluding hydrogens is 328 g/mol. The molecule has 0 radical (unpaired) electrons. The third-order valence-electron chi connectivity index (χ3n) is 3.44. The Bertz CT molecular complexity index is 638. The van der Waals surface area contributed by atoms with Crippen molar-refractivity contribution in [3.05, 3.63) is 63.6 Å². The number of amides is 1. The summed E-state index contributed by atoms with van der Waals surface area (Å²) in [5.41, 5.74) is 9.34. The SMILES string of the molecule is CCc1ccc(CN(C)C(=O)c2ccc(Br)cc2N)cc1. The van der Waals surface area contributed by atoms with Gasteiger partial charge in [-0.15, -0.1) is 0 Å². The van der Waals surface area contributed by atoms with E-state index in [-0.39, 0.29) is 5.91 Å². The molecule has 0 saturated heterocycles. The van der Waals surface area contributed by atoms with Crippen LogP contribution >= 0.6 is 15.9 Å². The minimum absolute atomic E-state index is 0.0698. The van der Waals surface area contributed by atoms with Gasteiger partial charge in [-0.3, -0.25) is 4.79 Å². The predicted octanol–water partition coefficient (Wildman–Crippen LogP) is 3.87. The molecule has 0 spiro atoms. The molecule has 0 bridgehead atoms. The van der Waals surface area contributed by atoms with Crippen molar-refractivity contribution in [2.45, 2.75) is 19.9 Å². The third-order valence-corrected chi connectivity index (χ3v) is 3.93. The zero-order valence-corrected chi connectivity index (χ0v) is 13.9. The first-order chi connectivity index (χ1) is 10.0. The topological polar surface area (TPSA) is 46.3 Å². The molecule has 0 atom stereocenters. The minimum Gasteiger partial charge on any atom is -0.398 e. The summed E-state index contributed by atoms with van der Waals surface area (Å²) in [7, 11) is 1.79. The number of hydrogen-bond donors (Lipinski definition) is 1. The lowest BCUT2D eigenvalue weighted by atomic mass is 10.1. The number of carbonyl (C=O) groups excluding carboxylic acids is 1. The summed E-state index contributed by atoms with van der Waals surface area (Å²) < 4.78 is 0.870. The number of aryl methyl sites for hydroxylation is 1. The molecule has 1 amide bonds. The van der Waals surface area contributed by atoms with E-state index in [0.29, 0.717) is 17.8 Å². The second-order valence-electron chi connectivity index (χ2n) is 5.06. The van der Waals surface area contributed by atoms with Crippen molar-refractivity contribution in [2.75, 3.05) is 12.8 Å². The van der Waals surface area contributed by atoms with Gasteiger partial charge < -0.3 is 10.6 Å². The monoisotopic (exact) mass is 346 g/mol. The van der Waals surface area contributed by atoms with E-state index in [4.69, 9.17) is 5.73 Å². The number of rotatable bonds is 4.